The number of hydrogen-bond donors (Lipinski definition) is 2. The molecule has 2 N–H and O–H groups in total. The van der Waals surface area contributed by atoms with Crippen LogP contribution in [0.5, 0.6) is 0 Å². The van der Waals surface area contributed by atoms with Crippen molar-refractivity contribution in [2.24, 2.45) is 14.1 Å². The standard InChI is InChI=1S/C12H19N5O3/c1-4-17(5-6-18)7-8-13-9-10(14-8)15(2)12(20)16(3)11(9)19/h18H,4-7H2,1-3H3,(H,13,14). The lowest BCUT2D eigenvalue weighted by atomic mass is 10.4. The molecule has 0 aliphatic carbocycles. The molecule has 2 heterocycles. The summed E-state index contributed by atoms with van der Waals surface area (Å²) in [4.78, 5) is 33.1. The highest BCUT2D eigenvalue weighted by Crippen LogP contribution is 2.06. The Bertz CT molecular complexity index is 727. The maximum atomic E-state index is 12.0. The zero-order valence-electron chi connectivity index (χ0n) is 11.9. The third kappa shape index (κ3) is 2.39. The summed E-state index contributed by atoms with van der Waals surface area (Å²) in [7, 11) is 3.02. The van der Waals surface area contributed by atoms with E-state index in [-0.39, 0.29) is 12.2 Å². The molecule has 0 aromatic carbocycles. The van der Waals surface area contributed by atoms with Crippen LogP contribution in [0.15, 0.2) is 9.59 Å². The quantitative estimate of drug-likeness (QED) is 0.716. The van der Waals surface area contributed by atoms with Crippen molar-refractivity contribution >= 4 is 11.2 Å². The average Bonchev–Trinajstić information content (AvgIpc) is 2.86. The van der Waals surface area contributed by atoms with Crippen LogP contribution in [0, 0.1) is 0 Å². The largest absolute Gasteiger partial charge is 0.395 e. The summed E-state index contributed by atoms with van der Waals surface area (Å²) < 4.78 is 2.40. The van der Waals surface area contributed by atoms with Gasteiger partial charge in [0.2, 0.25) is 0 Å². The third-order valence-electron chi connectivity index (χ3n) is 3.38. The second-order valence-corrected chi connectivity index (χ2v) is 4.68. The Hall–Kier alpha value is -1.93. The van der Waals surface area contributed by atoms with E-state index in [1.807, 2.05) is 11.8 Å². The highest BCUT2D eigenvalue weighted by atomic mass is 16.3. The molecule has 8 heteroatoms. The Morgan fingerprint density at radius 1 is 1.30 bits per heavy atom. The van der Waals surface area contributed by atoms with E-state index >= 15 is 0 Å². The fourth-order valence-corrected chi connectivity index (χ4v) is 2.15. The van der Waals surface area contributed by atoms with Crippen molar-refractivity contribution in [1.29, 1.82) is 0 Å². The summed E-state index contributed by atoms with van der Waals surface area (Å²) in [6.45, 7) is 3.82. The first-order valence-corrected chi connectivity index (χ1v) is 6.47. The molecule has 0 fully saturated rings. The van der Waals surface area contributed by atoms with Crippen LogP contribution < -0.4 is 11.2 Å². The highest BCUT2D eigenvalue weighted by Gasteiger charge is 2.14. The van der Waals surface area contributed by atoms with Crippen LogP contribution in [-0.4, -0.2) is 48.8 Å². The van der Waals surface area contributed by atoms with E-state index in [1.165, 1.54) is 11.6 Å². The lowest BCUT2D eigenvalue weighted by Gasteiger charge is -2.16. The van der Waals surface area contributed by atoms with Gasteiger partial charge in [0, 0.05) is 20.6 Å². The SMILES string of the molecule is CCN(CCO)Cc1nc2c([nH]1)c(=O)n(C)c(=O)n2C. The van der Waals surface area contributed by atoms with Crippen LogP contribution in [-0.2, 0) is 20.6 Å². The lowest BCUT2D eigenvalue weighted by Crippen LogP contribution is -2.36. The molecule has 110 valence electrons. The summed E-state index contributed by atoms with van der Waals surface area (Å²) in [5.41, 5.74) is -0.104. The van der Waals surface area contributed by atoms with Gasteiger partial charge in [-0.15, -0.1) is 0 Å². The number of fused-ring (bicyclic) bond motifs is 1. The second kappa shape index (κ2) is 5.59. The molecule has 0 spiro atoms. The number of imidazole rings is 1. The Balaban J connectivity index is 2.49. The van der Waals surface area contributed by atoms with Gasteiger partial charge in [-0.3, -0.25) is 18.8 Å². The van der Waals surface area contributed by atoms with E-state index in [9.17, 15) is 9.59 Å². The highest BCUT2D eigenvalue weighted by molar-refractivity contribution is 5.69. The Morgan fingerprint density at radius 2 is 2.00 bits per heavy atom. The van der Waals surface area contributed by atoms with Crippen molar-refractivity contribution in [3.63, 3.8) is 0 Å². The molecule has 2 aromatic rings. The van der Waals surface area contributed by atoms with Crippen LogP contribution in [0.2, 0.25) is 0 Å². The monoisotopic (exact) mass is 281 g/mol. The first kappa shape index (κ1) is 14.5. The Morgan fingerprint density at radius 3 is 2.60 bits per heavy atom. The first-order valence-electron chi connectivity index (χ1n) is 6.47. The van der Waals surface area contributed by atoms with Crippen LogP contribution >= 0.6 is 0 Å². The molecule has 0 saturated carbocycles. The minimum atomic E-state index is -0.400. The maximum absolute atomic E-state index is 12.0. The van der Waals surface area contributed by atoms with Crippen LogP contribution in [0.25, 0.3) is 11.2 Å². The van der Waals surface area contributed by atoms with Gasteiger partial charge in [0.25, 0.3) is 5.56 Å². The zero-order chi connectivity index (χ0) is 14.9. The zero-order valence-corrected chi connectivity index (χ0v) is 11.9. The van der Waals surface area contributed by atoms with Crippen molar-refractivity contribution in [3.05, 3.63) is 26.7 Å². The van der Waals surface area contributed by atoms with E-state index in [4.69, 9.17) is 5.11 Å². The van der Waals surface area contributed by atoms with Gasteiger partial charge < -0.3 is 10.1 Å². The topological polar surface area (TPSA) is 96.2 Å². The molecule has 0 saturated heterocycles. The minimum absolute atomic E-state index is 0.0638. The number of nitrogens with one attached hydrogen (secondary N) is 1. The number of aryl methyl sites for hydroxylation is 1. The molecule has 0 atom stereocenters. The molecular formula is C12H19N5O3. The van der Waals surface area contributed by atoms with Crippen molar-refractivity contribution in [3.8, 4) is 0 Å². The van der Waals surface area contributed by atoms with E-state index < -0.39 is 5.69 Å². The summed E-state index contributed by atoms with van der Waals surface area (Å²) in [5, 5.41) is 8.98. The number of nitrogens with zero attached hydrogens (tertiary/aromatic N) is 4. The van der Waals surface area contributed by atoms with E-state index in [2.05, 4.69) is 9.97 Å². The van der Waals surface area contributed by atoms with Gasteiger partial charge in [-0.1, -0.05) is 6.92 Å². The molecule has 2 aromatic heterocycles. The normalized spacial score (nSPS) is 11.7. The molecule has 8 nitrogen and oxygen atoms in total. The fourth-order valence-electron chi connectivity index (χ4n) is 2.15. The van der Waals surface area contributed by atoms with Gasteiger partial charge in [0.05, 0.1) is 13.2 Å². The third-order valence-corrected chi connectivity index (χ3v) is 3.38. The number of rotatable bonds is 5. The van der Waals surface area contributed by atoms with Crippen LogP contribution in [0.4, 0.5) is 0 Å². The average molecular weight is 281 g/mol. The number of aliphatic hydroxyl groups is 1. The number of aliphatic hydroxyl groups excluding tert-OH is 1. The van der Waals surface area contributed by atoms with Crippen molar-refractivity contribution in [2.75, 3.05) is 19.7 Å². The minimum Gasteiger partial charge on any atom is -0.395 e. The molecule has 0 radical (unpaired) electrons. The second-order valence-electron chi connectivity index (χ2n) is 4.68. The number of aromatic nitrogens is 4. The predicted octanol–water partition coefficient (Wildman–Crippen LogP) is -1.23. The number of aromatic amines is 1. The fraction of sp³-hybridized carbons (Fsp3) is 0.583. The predicted molar refractivity (Wildman–Crippen MR) is 74.6 cm³/mol. The molecular weight excluding hydrogens is 262 g/mol. The molecule has 20 heavy (non-hydrogen) atoms. The number of H-pyrrole nitrogens is 1. The molecule has 0 aliphatic rings. The van der Waals surface area contributed by atoms with Gasteiger partial charge in [0.1, 0.15) is 11.3 Å². The maximum Gasteiger partial charge on any atom is 0.332 e. The van der Waals surface area contributed by atoms with Crippen molar-refractivity contribution in [2.45, 2.75) is 13.5 Å². The lowest BCUT2D eigenvalue weighted by molar-refractivity contribution is 0.194. The van der Waals surface area contributed by atoms with E-state index in [1.54, 1.807) is 7.05 Å². The van der Waals surface area contributed by atoms with Crippen molar-refractivity contribution < 1.29 is 5.11 Å². The van der Waals surface area contributed by atoms with Crippen LogP contribution in [0.3, 0.4) is 0 Å². The van der Waals surface area contributed by atoms with Gasteiger partial charge in [-0.2, -0.15) is 0 Å². The molecule has 0 aliphatic heterocycles. The van der Waals surface area contributed by atoms with Gasteiger partial charge in [-0.25, -0.2) is 9.78 Å². The molecule has 0 unspecified atom stereocenters. The van der Waals surface area contributed by atoms with E-state index in [0.717, 1.165) is 11.1 Å². The van der Waals surface area contributed by atoms with Gasteiger partial charge in [0.15, 0.2) is 5.65 Å². The summed E-state index contributed by atoms with van der Waals surface area (Å²) in [5.74, 6) is 0.605. The summed E-state index contributed by atoms with van der Waals surface area (Å²) in [6.07, 6.45) is 0. The van der Waals surface area contributed by atoms with Crippen molar-refractivity contribution in [1.82, 2.24) is 24.0 Å². The summed E-state index contributed by atoms with van der Waals surface area (Å²) in [6, 6.07) is 0. The summed E-state index contributed by atoms with van der Waals surface area (Å²) >= 11 is 0. The Kier molecular flexibility index (Phi) is 4.05. The van der Waals surface area contributed by atoms with Crippen LogP contribution in [0.1, 0.15) is 12.7 Å². The molecule has 0 amide bonds. The number of hydrogen-bond acceptors (Lipinski definition) is 5. The van der Waals surface area contributed by atoms with Gasteiger partial charge >= 0.3 is 5.69 Å². The Labute approximate surface area is 115 Å². The van der Waals surface area contributed by atoms with E-state index in [0.29, 0.717) is 30.1 Å². The van der Waals surface area contributed by atoms with Gasteiger partial charge in [-0.05, 0) is 6.54 Å². The molecule has 2 rings (SSSR count). The first-order chi connectivity index (χ1) is 9.49. The number of likely N-dealkylation sites (N-methyl/N-ethyl adjacent to an activating group) is 1. The molecule has 0 bridgehead atoms. The smallest absolute Gasteiger partial charge is 0.332 e.